The minimum Gasteiger partial charge on any atom is -0.465 e. The Morgan fingerprint density at radius 2 is 1.96 bits per heavy atom. The van der Waals surface area contributed by atoms with E-state index in [4.69, 9.17) is 23.2 Å². The molecule has 0 aliphatic carbocycles. The molecule has 0 spiro atoms. The fourth-order valence-corrected chi connectivity index (χ4v) is 4.67. The standard InChI is InChI=1S/C14H13Cl2NO4S2/c1-17(8-9-3-4-10(15)11(16)7-9)23(19,20)12-5-6-22-13(12)14(18)21-2/h3-7H,8H2,1-2H3. The van der Waals surface area contributed by atoms with Gasteiger partial charge in [0, 0.05) is 13.6 Å². The second-order valence-electron chi connectivity index (χ2n) is 4.62. The minimum atomic E-state index is -3.84. The smallest absolute Gasteiger partial charge is 0.349 e. The van der Waals surface area contributed by atoms with Crippen LogP contribution in [0.4, 0.5) is 0 Å². The fourth-order valence-electron chi connectivity index (χ4n) is 1.89. The van der Waals surface area contributed by atoms with Crippen LogP contribution in [0.2, 0.25) is 10.0 Å². The zero-order chi connectivity index (χ0) is 17.2. The summed E-state index contributed by atoms with van der Waals surface area (Å²) in [5.41, 5.74) is 0.681. The van der Waals surface area contributed by atoms with E-state index >= 15 is 0 Å². The van der Waals surface area contributed by atoms with Crippen molar-refractivity contribution in [3.8, 4) is 0 Å². The van der Waals surface area contributed by atoms with Crippen LogP contribution in [0.3, 0.4) is 0 Å². The molecule has 0 bridgehead atoms. The van der Waals surface area contributed by atoms with Crippen LogP contribution in [0.15, 0.2) is 34.5 Å². The first-order valence-electron chi connectivity index (χ1n) is 6.33. The number of sulfonamides is 1. The molecule has 2 rings (SSSR count). The molecule has 23 heavy (non-hydrogen) atoms. The first-order valence-corrected chi connectivity index (χ1v) is 9.41. The minimum absolute atomic E-state index is 0.0495. The van der Waals surface area contributed by atoms with Crippen molar-refractivity contribution in [1.29, 1.82) is 0 Å². The summed E-state index contributed by atoms with van der Waals surface area (Å²) in [6.07, 6.45) is 0. The van der Waals surface area contributed by atoms with Crippen molar-refractivity contribution in [2.24, 2.45) is 0 Å². The van der Waals surface area contributed by atoms with Crippen molar-refractivity contribution in [2.75, 3.05) is 14.2 Å². The Balaban J connectivity index is 2.30. The van der Waals surface area contributed by atoms with E-state index in [1.54, 1.807) is 18.2 Å². The number of nitrogens with zero attached hydrogens (tertiary/aromatic N) is 1. The van der Waals surface area contributed by atoms with E-state index in [-0.39, 0.29) is 16.3 Å². The van der Waals surface area contributed by atoms with Gasteiger partial charge < -0.3 is 4.74 Å². The predicted molar refractivity (Wildman–Crippen MR) is 90.8 cm³/mol. The molecule has 0 saturated carbocycles. The maximum absolute atomic E-state index is 12.7. The highest BCUT2D eigenvalue weighted by atomic mass is 35.5. The molecule has 1 aromatic carbocycles. The summed E-state index contributed by atoms with van der Waals surface area (Å²) in [5, 5.41) is 2.28. The van der Waals surface area contributed by atoms with Gasteiger partial charge in [-0.3, -0.25) is 0 Å². The zero-order valence-corrected chi connectivity index (χ0v) is 15.4. The lowest BCUT2D eigenvalue weighted by Crippen LogP contribution is -2.27. The highest BCUT2D eigenvalue weighted by Crippen LogP contribution is 2.27. The molecule has 2 aromatic rings. The Morgan fingerprint density at radius 3 is 2.57 bits per heavy atom. The summed E-state index contributed by atoms with van der Waals surface area (Å²) >= 11 is 12.8. The van der Waals surface area contributed by atoms with Gasteiger partial charge in [0.15, 0.2) is 0 Å². The van der Waals surface area contributed by atoms with Crippen molar-refractivity contribution >= 4 is 50.5 Å². The number of thiophene rings is 1. The molecule has 0 saturated heterocycles. The first kappa shape index (κ1) is 18.2. The topological polar surface area (TPSA) is 63.7 Å². The van der Waals surface area contributed by atoms with Crippen LogP contribution < -0.4 is 0 Å². The van der Waals surface area contributed by atoms with Gasteiger partial charge in [-0.2, -0.15) is 4.31 Å². The number of ether oxygens (including phenoxy) is 1. The molecule has 0 unspecified atom stereocenters. The summed E-state index contributed by atoms with van der Waals surface area (Å²) in [5.74, 6) is -0.679. The number of carbonyl (C=O) groups excluding carboxylic acids is 1. The average Bonchev–Trinajstić information content (AvgIpc) is 3.00. The van der Waals surface area contributed by atoms with E-state index in [9.17, 15) is 13.2 Å². The van der Waals surface area contributed by atoms with E-state index in [0.29, 0.717) is 15.6 Å². The molecule has 1 heterocycles. The van der Waals surface area contributed by atoms with E-state index in [1.807, 2.05) is 0 Å². The molecule has 0 amide bonds. The second kappa shape index (κ2) is 7.19. The second-order valence-corrected chi connectivity index (χ2v) is 8.36. The maximum atomic E-state index is 12.7. The van der Waals surface area contributed by atoms with Crippen molar-refractivity contribution in [3.63, 3.8) is 0 Å². The van der Waals surface area contributed by atoms with E-state index in [2.05, 4.69) is 4.74 Å². The third-order valence-electron chi connectivity index (χ3n) is 3.08. The van der Waals surface area contributed by atoms with Gasteiger partial charge in [-0.1, -0.05) is 29.3 Å². The van der Waals surface area contributed by atoms with Crippen LogP contribution in [-0.4, -0.2) is 32.8 Å². The van der Waals surface area contributed by atoms with Crippen LogP contribution in [0.1, 0.15) is 15.2 Å². The molecule has 0 aliphatic rings. The highest BCUT2D eigenvalue weighted by Gasteiger charge is 2.28. The van der Waals surface area contributed by atoms with Crippen LogP contribution in [0, 0.1) is 0 Å². The number of rotatable bonds is 5. The van der Waals surface area contributed by atoms with Gasteiger partial charge in [-0.25, -0.2) is 13.2 Å². The van der Waals surface area contributed by atoms with Crippen LogP contribution in [0.25, 0.3) is 0 Å². The van der Waals surface area contributed by atoms with Crippen LogP contribution in [-0.2, 0) is 21.3 Å². The lowest BCUT2D eigenvalue weighted by atomic mass is 10.2. The van der Waals surface area contributed by atoms with Gasteiger partial charge in [-0.05, 0) is 29.1 Å². The molecule has 0 radical (unpaired) electrons. The number of halogens is 2. The van der Waals surface area contributed by atoms with E-state index in [1.165, 1.54) is 25.6 Å². The molecular formula is C14H13Cl2NO4S2. The number of hydrogen-bond acceptors (Lipinski definition) is 5. The van der Waals surface area contributed by atoms with Crippen molar-refractivity contribution in [1.82, 2.24) is 4.31 Å². The maximum Gasteiger partial charge on any atom is 0.349 e. The predicted octanol–water partition coefficient (Wildman–Crippen LogP) is 3.66. The molecule has 1 aromatic heterocycles. The number of methoxy groups -OCH3 is 1. The third kappa shape index (κ3) is 3.87. The first-order chi connectivity index (χ1) is 10.8. The third-order valence-corrected chi connectivity index (χ3v) is 6.69. The number of carbonyl (C=O) groups is 1. The van der Waals surface area contributed by atoms with Gasteiger partial charge in [0.1, 0.15) is 9.77 Å². The Kier molecular flexibility index (Phi) is 5.70. The van der Waals surface area contributed by atoms with E-state index < -0.39 is 16.0 Å². The Labute approximate surface area is 148 Å². The Hall–Kier alpha value is -1.12. The molecule has 5 nitrogen and oxygen atoms in total. The highest BCUT2D eigenvalue weighted by molar-refractivity contribution is 7.89. The summed E-state index contributed by atoms with van der Waals surface area (Å²) < 4.78 is 31.1. The normalized spacial score (nSPS) is 11.7. The quantitative estimate of drug-likeness (QED) is 0.726. The molecule has 0 aliphatic heterocycles. The van der Waals surface area contributed by atoms with Gasteiger partial charge in [-0.15, -0.1) is 11.3 Å². The van der Waals surface area contributed by atoms with Crippen molar-refractivity contribution in [3.05, 3.63) is 50.1 Å². The molecule has 0 fully saturated rings. The summed E-state index contributed by atoms with van der Waals surface area (Å²) in [7, 11) is -1.20. The van der Waals surface area contributed by atoms with Crippen molar-refractivity contribution < 1.29 is 17.9 Å². The number of benzene rings is 1. The van der Waals surface area contributed by atoms with Gasteiger partial charge >= 0.3 is 5.97 Å². The van der Waals surface area contributed by atoms with Crippen molar-refractivity contribution in [2.45, 2.75) is 11.4 Å². The van der Waals surface area contributed by atoms with Gasteiger partial charge in [0.2, 0.25) is 10.0 Å². The molecular weight excluding hydrogens is 381 g/mol. The van der Waals surface area contributed by atoms with Gasteiger partial charge in [0.05, 0.1) is 17.2 Å². The number of hydrogen-bond donors (Lipinski definition) is 0. The largest absolute Gasteiger partial charge is 0.465 e. The SMILES string of the molecule is COC(=O)c1sccc1S(=O)(=O)N(C)Cc1ccc(Cl)c(Cl)c1. The lowest BCUT2D eigenvalue weighted by molar-refractivity contribution is 0.0602. The monoisotopic (exact) mass is 393 g/mol. The summed E-state index contributed by atoms with van der Waals surface area (Å²) in [6.45, 7) is 0.0929. The summed E-state index contributed by atoms with van der Waals surface area (Å²) in [6, 6.07) is 6.28. The summed E-state index contributed by atoms with van der Waals surface area (Å²) in [4.78, 5) is 11.7. The van der Waals surface area contributed by atoms with Crippen LogP contribution in [0.5, 0.6) is 0 Å². The van der Waals surface area contributed by atoms with E-state index in [0.717, 1.165) is 15.6 Å². The molecule has 9 heteroatoms. The Bertz CT molecular complexity index is 833. The zero-order valence-electron chi connectivity index (χ0n) is 12.2. The van der Waals surface area contributed by atoms with Gasteiger partial charge in [0.25, 0.3) is 0 Å². The number of esters is 1. The lowest BCUT2D eigenvalue weighted by Gasteiger charge is -2.17. The fraction of sp³-hybridized carbons (Fsp3) is 0.214. The van der Waals surface area contributed by atoms with Crippen LogP contribution >= 0.6 is 34.5 Å². The Morgan fingerprint density at radius 1 is 1.26 bits per heavy atom. The molecule has 124 valence electrons. The molecule has 0 atom stereocenters. The molecule has 0 N–H and O–H groups in total. The average molecular weight is 394 g/mol.